The molecule has 0 radical (unpaired) electrons. The summed E-state index contributed by atoms with van der Waals surface area (Å²) in [5.74, 6) is 0.818. The predicted octanol–water partition coefficient (Wildman–Crippen LogP) is 3.41. The molecule has 0 spiro atoms. The van der Waals surface area contributed by atoms with E-state index in [4.69, 9.17) is 0 Å². The monoisotopic (exact) mass is 184 g/mol. The first kappa shape index (κ1) is 14.9. The highest BCUT2D eigenvalue weighted by atomic mass is 16.3. The lowest BCUT2D eigenvalue weighted by atomic mass is 9.86. The van der Waals surface area contributed by atoms with Crippen molar-refractivity contribution in [2.75, 3.05) is 0 Å². The lowest BCUT2D eigenvalue weighted by Crippen LogP contribution is -2.24. The first-order valence-electron chi connectivity index (χ1n) is 4.53. The second kappa shape index (κ2) is 8.06. The van der Waals surface area contributed by atoms with E-state index in [1.165, 1.54) is 0 Å². The summed E-state index contributed by atoms with van der Waals surface area (Å²) < 4.78 is 0. The van der Waals surface area contributed by atoms with Crippen LogP contribution in [0.2, 0.25) is 0 Å². The van der Waals surface area contributed by atoms with Gasteiger partial charge < -0.3 is 5.11 Å². The van der Waals surface area contributed by atoms with Crippen LogP contribution in [0.25, 0.3) is 0 Å². The largest absolute Gasteiger partial charge is 0.392 e. The highest BCUT2D eigenvalue weighted by molar-refractivity contribution is 4.84. The number of aliphatic hydroxyl groups is 1. The van der Waals surface area contributed by atoms with E-state index < -0.39 is 0 Å². The van der Waals surface area contributed by atoms with Gasteiger partial charge in [-0.3, -0.25) is 0 Å². The van der Waals surface area contributed by atoms with Crippen molar-refractivity contribution < 1.29 is 5.11 Å². The summed E-state index contributed by atoms with van der Waals surface area (Å²) in [6.45, 7) is 11.6. The Morgan fingerprint density at radius 1 is 1.15 bits per heavy atom. The van der Waals surface area contributed by atoms with E-state index in [9.17, 15) is 5.11 Å². The molecular weight excluding hydrogens is 160 g/mol. The van der Waals surface area contributed by atoms with Crippen LogP contribution >= 0.6 is 0 Å². The van der Waals surface area contributed by atoms with Crippen LogP contribution in [0.15, 0.2) is 25.3 Å². The molecule has 0 bridgehead atoms. The lowest BCUT2D eigenvalue weighted by Gasteiger charge is -2.24. The molecule has 78 valence electrons. The maximum absolute atomic E-state index is 9.69. The Morgan fingerprint density at radius 3 is 1.92 bits per heavy atom. The Hall–Kier alpha value is -0.560. The van der Waals surface area contributed by atoms with Crippen molar-refractivity contribution in [1.29, 1.82) is 0 Å². The van der Waals surface area contributed by atoms with E-state index in [-0.39, 0.29) is 13.5 Å². The lowest BCUT2D eigenvalue weighted by molar-refractivity contribution is 0.0855. The summed E-state index contributed by atoms with van der Waals surface area (Å²) in [5.41, 5.74) is 0. The predicted molar refractivity (Wildman–Crippen MR) is 60.7 cm³/mol. The molecule has 0 aliphatic rings. The van der Waals surface area contributed by atoms with E-state index in [2.05, 4.69) is 27.0 Å². The maximum Gasteiger partial charge on any atom is 0.0608 e. The van der Waals surface area contributed by atoms with Crippen molar-refractivity contribution in [3.05, 3.63) is 25.3 Å². The number of allylic oxidation sites excluding steroid dienone is 1. The van der Waals surface area contributed by atoms with E-state index in [0.29, 0.717) is 18.3 Å². The number of hydrogen-bond donors (Lipinski definition) is 1. The summed E-state index contributed by atoms with van der Waals surface area (Å²) in [7, 11) is 0. The van der Waals surface area contributed by atoms with Gasteiger partial charge in [0, 0.05) is 0 Å². The topological polar surface area (TPSA) is 20.2 Å². The minimum Gasteiger partial charge on any atom is -0.392 e. The smallest absolute Gasteiger partial charge is 0.0608 e. The molecule has 1 heteroatoms. The Bertz CT molecular complexity index is 138. The van der Waals surface area contributed by atoms with Crippen LogP contribution in [-0.2, 0) is 0 Å². The van der Waals surface area contributed by atoms with Crippen LogP contribution in [0, 0.1) is 11.8 Å². The highest BCUT2D eigenvalue weighted by Gasteiger charge is 2.19. The second-order valence-corrected chi connectivity index (χ2v) is 3.52. The second-order valence-electron chi connectivity index (χ2n) is 3.52. The molecule has 0 aliphatic heterocycles. The third-order valence-corrected chi connectivity index (χ3v) is 2.20. The van der Waals surface area contributed by atoms with Crippen molar-refractivity contribution in [3.8, 4) is 0 Å². The summed E-state index contributed by atoms with van der Waals surface area (Å²) in [4.78, 5) is 0. The van der Waals surface area contributed by atoms with Gasteiger partial charge in [-0.15, -0.1) is 13.2 Å². The van der Waals surface area contributed by atoms with Crippen LogP contribution in [0.4, 0.5) is 0 Å². The van der Waals surface area contributed by atoms with Gasteiger partial charge in [-0.25, -0.2) is 0 Å². The Morgan fingerprint density at radius 2 is 1.62 bits per heavy atom. The molecule has 1 nitrogen and oxygen atoms in total. The van der Waals surface area contributed by atoms with Gasteiger partial charge in [0.25, 0.3) is 0 Å². The van der Waals surface area contributed by atoms with Gasteiger partial charge in [-0.05, 0) is 24.7 Å². The molecule has 0 aliphatic carbocycles. The Labute approximate surface area is 83.2 Å². The molecule has 1 N–H and O–H groups in total. The SMILES string of the molecule is C.C=CC[C@@H](O)[C@H](CC=C)C(C)C. The Balaban J connectivity index is 0. The molecule has 0 aromatic heterocycles. The highest BCUT2D eigenvalue weighted by Crippen LogP contribution is 2.21. The van der Waals surface area contributed by atoms with Crippen LogP contribution < -0.4 is 0 Å². The number of aliphatic hydroxyl groups excluding tert-OH is 1. The summed E-state index contributed by atoms with van der Waals surface area (Å²) in [6, 6.07) is 0. The van der Waals surface area contributed by atoms with Crippen molar-refractivity contribution >= 4 is 0 Å². The average Bonchev–Trinajstić information content (AvgIpc) is 1.99. The normalized spacial score (nSPS) is 14.5. The van der Waals surface area contributed by atoms with Gasteiger partial charge in [-0.2, -0.15) is 0 Å². The first-order valence-corrected chi connectivity index (χ1v) is 4.53. The molecule has 0 fully saturated rings. The van der Waals surface area contributed by atoms with Crippen LogP contribution in [0.3, 0.4) is 0 Å². The molecule has 13 heavy (non-hydrogen) atoms. The standard InChI is InChI=1S/C11H20O.CH4/c1-5-7-10(9(3)4)11(12)8-6-2;/h5-6,9-12H,1-2,7-8H2,3-4H3;1H4/t10-,11-;/m1./s1. The van der Waals surface area contributed by atoms with Gasteiger partial charge in [0.05, 0.1) is 6.10 Å². The quantitative estimate of drug-likeness (QED) is 0.627. The van der Waals surface area contributed by atoms with E-state index >= 15 is 0 Å². The zero-order valence-corrected chi connectivity index (χ0v) is 8.16. The maximum atomic E-state index is 9.69. The Kier molecular flexibility index (Phi) is 9.26. The molecule has 0 aromatic carbocycles. The van der Waals surface area contributed by atoms with Gasteiger partial charge in [-0.1, -0.05) is 33.4 Å². The average molecular weight is 184 g/mol. The molecule has 0 rings (SSSR count). The minimum atomic E-state index is -0.263. The van der Waals surface area contributed by atoms with Crippen molar-refractivity contribution in [2.45, 2.75) is 40.2 Å². The third-order valence-electron chi connectivity index (χ3n) is 2.20. The zero-order valence-electron chi connectivity index (χ0n) is 8.16. The fraction of sp³-hybridized carbons (Fsp3) is 0.667. The summed E-state index contributed by atoms with van der Waals surface area (Å²) in [6.07, 6.45) is 4.93. The van der Waals surface area contributed by atoms with E-state index in [1.54, 1.807) is 6.08 Å². The summed E-state index contributed by atoms with van der Waals surface area (Å²) >= 11 is 0. The number of hydrogen-bond acceptors (Lipinski definition) is 1. The van der Waals surface area contributed by atoms with Crippen molar-refractivity contribution in [1.82, 2.24) is 0 Å². The fourth-order valence-corrected chi connectivity index (χ4v) is 1.41. The van der Waals surface area contributed by atoms with E-state index in [0.717, 1.165) is 6.42 Å². The molecule has 0 aromatic rings. The molecule has 0 saturated heterocycles. The zero-order chi connectivity index (χ0) is 9.56. The van der Waals surface area contributed by atoms with Crippen molar-refractivity contribution in [2.24, 2.45) is 11.8 Å². The molecule has 0 heterocycles. The molecule has 0 unspecified atom stereocenters. The van der Waals surface area contributed by atoms with Crippen LogP contribution in [-0.4, -0.2) is 11.2 Å². The van der Waals surface area contributed by atoms with Crippen LogP contribution in [0.5, 0.6) is 0 Å². The molecular formula is C12H24O. The van der Waals surface area contributed by atoms with Crippen molar-refractivity contribution in [3.63, 3.8) is 0 Å². The number of rotatable bonds is 6. The first-order chi connectivity index (χ1) is 5.63. The van der Waals surface area contributed by atoms with Gasteiger partial charge >= 0.3 is 0 Å². The molecule has 2 atom stereocenters. The summed E-state index contributed by atoms with van der Waals surface area (Å²) in [5, 5.41) is 9.69. The van der Waals surface area contributed by atoms with Gasteiger partial charge in [0.15, 0.2) is 0 Å². The minimum absolute atomic E-state index is 0. The van der Waals surface area contributed by atoms with Crippen LogP contribution in [0.1, 0.15) is 34.1 Å². The third kappa shape index (κ3) is 5.64. The molecule has 0 amide bonds. The fourth-order valence-electron chi connectivity index (χ4n) is 1.41. The van der Waals surface area contributed by atoms with Gasteiger partial charge in [0.1, 0.15) is 0 Å². The molecule has 0 saturated carbocycles. The van der Waals surface area contributed by atoms with E-state index in [1.807, 2.05) is 6.08 Å². The van der Waals surface area contributed by atoms with Gasteiger partial charge in [0.2, 0.25) is 0 Å².